The lowest BCUT2D eigenvalue weighted by atomic mass is 9.90. The van der Waals surface area contributed by atoms with Crippen molar-refractivity contribution in [1.82, 2.24) is 24.9 Å². The summed E-state index contributed by atoms with van der Waals surface area (Å²) >= 11 is 0. The molecule has 0 aliphatic carbocycles. The Morgan fingerprint density at radius 1 is 1.06 bits per heavy atom. The van der Waals surface area contributed by atoms with E-state index < -0.39 is 0 Å². The van der Waals surface area contributed by atoms with Crippen LogP contribution in [-0.4, -0.2) is 63.6 Å². The van der Waals surface area contributed by atoms with Crippen molar-refractivity contribution in [3.8, 4) is 11.4 Å². The third kappa shape index (κ3) is 4.66. The average Bonchev–Trinajstić information content (AvgIpc) is 3.27. The van der Waals surface area contributed by atoms with Crippen molar-refractivity contribution in [1.29, 1.82) is 0 Å². The van der Waals surface area contributed by atoms with E-state index in [1.165, 1.54) is 5.56 Å². The number of amides is 1. The van der Waals surface area contributed by atoms with Gasteiger partial charge in [0.15, 0.2) is 0 Å². The number of carbonyl (C=O) groups excluding carboxylic acids is 1. The monoisotopic (exact) mass is 417 g/mol. The molecule has 0 radical (unpaired) electrons. The van der Waals surface area contributed by atoms with E-state index in [9.17, 15) is 4.79 Å². The van der Waals surface area contributed by atoms with Crippen LogP contribution in [0.1, 0.15) is 30.2 Å². The fourth-order valence-electron chi connectivity index (χ4n) is 4.49. The van der Waals surface area contributed by atoms with E-state index in [-0.39, 0.29) is 11.8 Å². The van der Waals surface area contributed by atoms with Crippen LogP contribution in [0.25, 0.3) is 11.4 Å². The zero-order chi connectivity index (χ0) is 21.0. The van der Waals surface area contributed by atoms with Gasteiger partial charge in [0.2, 0.25) is 17.6 Å². The van der Waals surface area contributed by atoms with Gasteiger partial charge in [0.05, 0.1) is 12.5 Å². The van der Waals surface area contributed by atoms with Gasteiger partial charge in [-0.15, -0.1) is 0 Å². The zero-order valence-electron chi connectivity index (χ0n) is 17.6. The van der Waals surface area contributed by atoms with Crippen molar-refractivity contribution >= 4 is 5.91 Å². The second-order valence-corrected chi connectivity index (χ2v) is 8.60. The molecule has 160 valence electrons. The maximum Gasteiger partial charge on any atom is 0.236 e. The van der Waals surface area contributed by atoms with Gasteiger partial charge in [0.1, 0.15) is 0 Å². The third-order valence-electron chi connectivity index (χ3n) is 6.36. The summed E-state index contributed by atoms with van der Waals surface area (Å²) < 4.78 is 5.44. The van der Waals surface area contributed by atoms with E-state index in [1.807, 2.05) is 17.0 Å². The molecule has 7 nitrogen and oxygen atoms in total. The number of hydrogen-bond acceptors (Lipinski definition) is 6. The minimum Gasteiger partial charge on any atom is -0.342 e. The first kappa shape index (κ1) is 19.9. The second kappa shape index (κ2) is 8.98. The summed E-state index contributed by atoms with van der Waals surface area (Å²) in [5.41, 5.74) is 2.24. The number of nitrogens with zero attached hydrogens (tertiary/aromatic N) is 5. The van der Waals surface area contributed by atoms with E-state index in [4.69, 9.17) is 4.52 Å². The van der Waals surface area contributed by atoms with Gasteiger partial charge < -0.3 is 9.42 Å². The molecule has 2 aromatic heterocycles. The van der Waals surface area contributed by atoms with Crippen molar-refractivity contribution in [3.05, 3.63) is 66.3 Å². The number of piperidine rings is 1. The van der Waals surface area contributed by atoms with Gasteiger partial charge >= 0.3 is 0 Å². The van der Waals surface area contributed by atoms with Crippen LogP contribution in [0.5, 0.6) is 0 Å². The highest BCUT2D eigenvalue weighted by atomic mass is 16.5. The molecule has 0 bridgehead atoms. The van der Waals surface area contributed by atoms with Crippen LogP contribution in [0.2, 0.25) is 0 Å². The first-order chi connectivity index (χ1) is 15.2. The highest BCUT2D eigenvalue weighted by Gasteiger charge is 2.35. The Bertz CT molecular complexity index is 993. The molecule has 0 unspecified atom stereocenters. The summed E-state index contributed by atoms with van der Waals surface area (Å²) in [5.74, 6) is 2.31. The molecule has 0 spiro atoms. The van der Waals surface area contributed by atoms with Crippen LogP contribution < -0.4 is 0 Å². The topological polar surface area (TPSA) is 75.4 Å². The van der Waals surface area contributed by atoms with Crippen LogP contribution >= 0.6 is 0 Å². The van der Waals surface area contributed by atoms with Gasteiger partial charge in [-0.3, -0.25) is 14.7 Å². The van der Waals surface area contributed by atoms with Gasteiger partial charge in [-0.25, -0.2) is 0 Å². The average molecular weight is 418 g/mol. The van der Waals surface area contributed by atoms with E-state index in [2.05, 4.69) is 50.4 Å². The Morgan fingerprint density at radius 3 is 2.61 bits per heavy atom. The smallest absolute Gasteiger partial charge is 0.236 e. The van der Waals surface area contributed by atoms with Crippen LogP contribution in [0, 0.1) is 5.92 Å². The summed E-state index contributed by atoms with van der Waals surface area (Å²) in [6.07, 6.45) is 6.73. The summed E-state index contributed by atoms with van der Waals surface area (Å²) in [7, 11) is 0. The normalized spacial score (nSPS) is 18.1. The first-order valence-corrected chi connectivity index (χ1v) is 11.0. The van der Waals surface area contributed by atoms with Crippen molar-refractivity contribution in [3.63, 3.8) is 0 Å². The van der Waals surface area contributed by atoms with Crippen molar-refractivity contribution < 1.29 is 9.32 Å². The van der Waals surface area contributed by atoms with Gasteiger partial charge in [-0.1, -0.05) is 35.5 Å². The van der Waals surface area contributed by atoms with Crippen molar-refractivity contribution in [2.75, 3.05) is 32.7 Å². The predicted octanol–water partition coefficient (Wildman–Crippen LogP) is 3.01. The molecular weight excluding hydrogens is 390 g/mol. The first-order valence-electron chi connectivity index (χ1n) is 11.0. The third-order valence-corrected chi connectivity index (χ3v) is 6.36. The van der Waals surface area contributed by atoms with Gasteiger partial charge in [-0.05, 0) is 42.9 Å². The Balaban J connectivity index is 1.06. The van der Waals surface area contributed by atoms with E-state index in [1.54, 1.807) is 12.4 Å². The fraction of sp³-hybridized carbons (Fsp3) is 0.417. The number of benzene rings is 1. The molecule has 1 amide bonds. The van der Waals surface area contributed by atoms with Crippen molar-refractivity contribution in [2.45, 2.75) is 25.2 Å². The Kier molecular flexibility index (Phi) is 5.76. The van der Waals surface area contributed by atoms with Crippen LogP contribution in [-0.2, 0) is 11.2 Å². The molecule has 2 aliphatic rings. The largest absolute Gasteiger partial charge is 0.342 e. The maximum atomic E-state index is 12.7. The molecule has 0 N–H and O–H groups in total. The van der Waals surface area contributed by atoms with E-state index in [0.29, 0.717) is 24.2 Å². The molecular formula is C24H27N5O2. The highest BCUT2D eigenvalue weighted by molar-refractivity contribution is 5.78. The Hall–Kier alpha value is -3.06. The maximum absolute atomic E-state index is 12.7. The standard InChI is InChI=1S/C24H27N5O2/c30-22(29-11-8-19(9-12-29)13-18-5-2-1-3-6-18)17-28-15-21(16-28)24-26-23(27-31-24)20-7-4-10-25-14-20/h1-7,10,14,19,21H,8-9,11-13,15-17H2. The summed E-state index contributed by atoms with van der Waals surface area (Å²) in [6, 6.07) is 14.4. The SMILES string of the molecule is O=C(CN1CC(c2nc(-c3cccnc3)no2)C1)N1CCC(Cc2ccccc2)CC1. The van der Waals surface area contributed by atoms with Crippen LogP contribution in [0.4, 0.5) is 0 Å². The quantitative estimate of drug-likeness (QED) is 0.614. The number of likely N-dealkylation sites (tertiary alicyclic amines) is 2. The van der Waals surface area contributed by atoms with E-state index >= 15 is 0 Å². The molecule has 4 heterocycles. The number of pyridine rings is 1. The molecule has 0 atom stereocenters. The predicted molar refractivity (Wildman–Crippen MR) is 116 cm³/mol. The zero-order valence-corrected chi connectivity index (χ0v) is 17.6. The minimum absolute atomic E-state index is 0.197. The van der Waals surface area contributed by atoms with Gasteiger partial charge in [0.25, 0.3) is 0 Å². The highest BCUT2D eigenvalue weighted by Crippen LogP contribution is 2.28. The van der Waals surface area contributed by atoms with Gasteiger partial charge in [-0.2, -0.15) is 4.98 Å². The molecule has 1 aromatic carbocycles. The minimum atomic E-state index is 0.197. The second-order valence-electron chi connectivity index (χ2n) is 8.60. The lowest BCUT2D eigenvalue weighted by Crippen LogP contribution is -2.51. The summed E-state index contributed by atoms with van der Waals surface area (Å²) in [4.78, 5) is 25.5. The number of hydrogen-bond donors (Lipinski definition) is 0. The molecule has 31 heavy (non-hydrogen) atoms. The molecule has 2 fully saturated rings. The molecule has 2 aliphatic heterocycles. The van der Waals surface area contributed by atoms with Crippen LogP contribution in [0.15, 0.2) is 59.4 Å². The lowest BCUT2D eigenvalue weighted by molar-refractivity contribution is -0.135. The van der Waals surface area contributed by atoms with Gasteiger partial charge in [0, 0.05) is 44.1 Å². The van der Waals surface area contributed by atoms with Crippen LogP contribution in [0.3, 0.4) is 0 Å². The molecule has 7 heteroatoms. The number of carbonyl (C=O) groups is 1. The Labute approximate surface area is 182 Å². The summed E-state index contributed by atoms with van der Waals surface area (Å²) in [6.45, 7) is 3.77. The fourth-order valence-corrected chi connectivity index (χ4v) is 4.49. The number of rotatable bonds is 6. The summed E-state index contributed by atoms with van der Waals surface area (Å²) in [5, 5.41) is 4.07. The molecule has 5 rings (SSSR count). The number of aromatic nitrogens is 3. The van der Waals surface area contributed by atoms with Crippen molar-refractivity contribution in [2.24, 2.45) is 5.92 Å². The molecule has 2 saturated heterocycles. The molecule has 3 aromatic rings. The lowest BCUT2D eigenvalue weighted by Gasteiger charge is -2.39. The van der Waals surface area contributed by atoms with E-state index in [0.717, 1.165) is 51.0 Å². The molecule has 0 saturated carbocycles. The Morgan fingerprint density at radius 2 is 1.87 bits per heavy atom.